The standard InChI is InChI=1S/C18H25N5O3S/c1-6-18(4,5)19-15(24)10-26-16(25)11-27-17-20-21-22-23(17)14-9-12(2)7-8-13(14)3/h7-9H,6,10-11H2,1-5H3,(H,19,24). The number of esters is 1. The summed E-state index contributed by atoms with van der Waals surface area (Å²) < 4.78 is 6.63. The van der Waals surface area contributed by atoms with Gasteiger partial charge in [-0.15, -0.1) is 5.10 Å². The van der Waals surface area contributed by atoms with Crippen molar-refractivity contribution in [2.75, 3.05) is 12.4 Å². The fraction of sp³-hybridized carbons (Fsp3) is 0.500. The summed E-state index contributed by atoms with van der Waals surface area (Å²) in [6, 6.07) is 5.98. The zero-order chi connectivity index (χ0) is 20.0. The van der Waals surface area contributed by atoms with Crippen LogP contribution in [-0.2, 0) is 14.3 Å². The number of carbonyl (C=O) groups excluding carboxylic acids is 2. The van der Waals surface area contributed by atoms with Gasteiger partial charge in [-0.3, -0.25) is 9.59 Å². The van der Waals surface area contributed by atoms with Crippen molar-refractivity contribution in [1.82, 2.24) is 25.5 Å². The molecular formula is C18H25N5O3S. The number of nitrogens with one attached hydrogen (secondary N) is 1. The Hall–Kier alpha value is -2.42. The van der Waals surface area contributed by atoms with Gasteiger partial charge in [-0.25, -0.2) is 0 Å². The molecule has 0 aliphatic heterocycles. The van der Waals surface area contributed by atoms with Crippen LogP contribution in [0.2, 0.25) is 0 Å². The van der Waals surface area contributed by atoms with Gasteiger partial charge in [0.1, 0.15) is 0 Å². The van der Waals surface area contributed by atoms with E-state index in [-0.39, 0.29) is 23.8 Å². The molecule has 27 heavy (non-hydrogen) atoms. The summed E-state index contributed by atoms with van der Waals surface area (Å²) in [6.45, 7) is 9.46. The molecule has 0 saturated heterocycles. The molecule has 0 radical (unpaired) electrons. The van der Waals surface area contributed by atoms with Crippen LogP contribution in [0.3, 0.4) is 0 Å². The Bertz CT molecular complexity index is 819. The number of amides is 1. The number of ether oxygens (including phenoxy) is 1. The van der Waals surface area contributed by atoms with E-state index < -0.39 is 5.97 Å². The predicted octanol–water partition coefficient (Wildman–Crippen LogP) is 2.22. The smallest absolute Gasteiger partial charge is 0.316 e. The van der Waals surface area contributed by atoms with E-state index in [9.17, 15) is 9.59 Å². The summed E-state index contributed by atoms with van der Waals surface area (Å²) in [6.07, 6.45) is 0.781. The molecule has 0 spiro atoms. The zero-order valence-corrected chi connectivity index (χ0v) is 17.1. The quantitative estimate of drug-likeness (QED) is 0.544. The van der Waals surface area contributed by atoms with Crippen molar-refractivity contribution in [3.8, 4) is 5.69 Å². The van der Waals surface area contributed by atoms with Crippen LogP contribution in [0.4, 0.5) is 0 Å². The summed E-state index contributed by atoms with van der Waals surface area (Å²) in [5.41, 5.74) is 2.64. The number of tetrazole rings is 1. The van der Waals surface area contributed by atoms with E-state index in [0.717, 1.165) is 35.0 Å². The normalized spacial score (nSPS) is 11.3. The number of carbonyl (C=O) groups is 2. The number of thioether (sulfide) groups is 1. The van der Waals surface area contributed by atoms with E-state index in [4.69, 9.17) is 4.74 Å². The van der Waals surface area contributed by atoms with E-state index in [1.54, 1.807) is 4.68 Å². The van der Waals surface area contributed by atoms with Gasteiger partial charge in [0.25, 0.3) is 5.91 Å². The lowest BCUT2D eigenvalue weighted by Crippen LogP contribution is -2.44. The van der Waals surface area contributed by atoms with Crippen molar-refractivity contribution in [1.29, 1.82) is 0 Å². The molecule has 1 N–H and O–H groups in total. The van der Waals surface area contributed by atoms with Crippen molar-refractivity contribution < 1.29 is 14.3 Å². The van der Waals surface area contributed by atoms with Crippen molar-refractivity contribution >= 4 is 23.6 Å². The van der Waals surface area contributed by atoms with Gasteiger partial charge in [-0.2, -0.15) is 4.68 Å². The molecule has 0 aliphatic carbocycles. The van der Waals surface area contributed by atoms with E-state index in [2.05, 4.69) is 20.8 Å². The first-order chi connectivity index (χ1) is 12.7. The van der Waals surface area contributed by atoms with Gasteiger partial charge >= 0.3 is 5.97 Å². The minimum Gasteiger partial charge on any atom is -0.455 e. The summed E-state index contributed by atoms with van der Waals surface area (Å²) >= 11 is 1.16. The van der Waals surface area contributed by atoms with Gasteiger partial charge in [0.15, 0.2) is 6.61 Å². The number of rotatable bonds is 8. The van der Waals surface area contributed by atoms with Gasteiger partial charge in [0.05, 0.1) is 11.4 Å². The molecule has 2 rings (SSSR count). The molecule has 1 heterocycles. The lowest BCUT2D eigenvalue weighted by molar-refractivity contribution is -0.146. The molecule has 9 heteroatoms. The number of aromatic nitrogens is 4. The number of hydrogen-bond acceptors (Lipinski definition) is 7. The molecular weight excluding hydrogens is 366 g/mol. The Morgan fingerprint density at radius 3 is 2.74 bits per heavy atom. The molecule has 2 aromatic rings. The zero-order valence-electron chi connectivity index (χ0n) is 16.3. The molecule has 1 aromatic carbocycles. The van der Waals surface area contributed by atoms with Crippen molar-refractivity contribution in [2.45, 2.75) is 51.7 Å². The number of benzene rings is 1. The average Bonchev–Trinajstić information content (AvgIpc) is 3.08. The largest absolute Gasteiger partial charge is 0.455 e. The monoisotopic (exact) mass is 391 g/mol. The molecule has 0 unspecified atom stereocenters. The number of aryl methyl sites for hydroxylation is 2. The van der Waals surface area contributed by atoms with Crippen LogP contribution in [0.15, 0.2) is 23.4 Å². The van der Waals surface area contributed by atoms with E-state index >= 15 is 0 Å². The van der Waals surface area contributed by atoms with Crippen molar-refractivity contribution in [3.05, 3.63) is 29.3 Å². The van der Waals surface area contributed by atoms with Crippen LogP contribution >= 0.6 is 11.8 Å². The molecule has 1 aromatic heterocycles. The van der Waals surface area contributed by atoms with E-state index in [0.29, 0.717) is 5.16 Å². The lowest BCUT2D eigenvalue weighted by atomic mass is 10.0. The fourth-order valence-corrected chi connectivity index (χ4v) is 2.86. The highest BCUT2D eigenvalue weighted by Gasteiger charge is 2.19. The summed E-state index contributed by atoms with van der Waals surface area (Å²) in [7, 11) is 0. The SMILES string of the molecule is CCC(C)(C)NC(=O)COC(=O)CSc1nnnn1-c1cc(C)ccc1C. The molecule has 0 bridgehead atoms. The Morgan fingerprint density at radius 2 is 2.04 bits per heavy atom. The lowest BCUT2D eigenvalue weighted by Gasteiger charge is -2.24. The van der Waals surface area contributed by atoms with E-state index in [1.807, 2.05) is 52.8 Å². The molecule has 0 atom stereocenters. The highest BCUT2D eigenvalue weighted by molar-refractivity contribution is 7.99. The van der Waals surface area contributed by atoms with Crippen LogP contribution < -0.4 is 5.32 Å². The molecule has 146 valence electrons. The molecule has 0 saturated carbocycles. The Balaban J connectivity index is 1.91. The predicted molar refractivity (Wildman–Crippen MR) is 103 cm³/mol. The summed E-state index contributed by atoms with van der Waals surface area (Å²) in [4.78, 5) is 23.8. The maximum atomic E-state index is 11.9. The molecule has 0 fully saturated rings. The highest BCUT2D eigenvalue weighted by atomic mass is 32.2. The Kier molecular flexibility index (Phi) is 6.95. The van der Waals surface area contributed by atoms with E-state index in [1.165, 1.54) is 0 Å². The second-order valence-electron chi connectivity index (χ2n) is 6.90. The van der Waals surface area contributed by atoms with Crippen LogP contribution in [0.5, 0.6) is 0 Å². The van der Waals surface area contributed by atoms with Crippen molar-refractivity contribution in [3.63, 3.8) is 0 Å². The van der Waals surface area contributed by atoms with Gasteiger partial charge in [0.2, 0.25) is 5.16 Å². The average molecular weight is 391 g/mol. The van der Waals surface area contributed by atoms with Crippen LogP contribution in [-0.4, -0.2) is 50.0 Å². The van der Waals surface area contributed by atoms with Crippen LogP contribution in [0.25, 0.3) is 5.69 Å². The van der Waals surface area contributed by atoms with Gasteiger partial charge in [-0.05, 0) is 61.7 Å². The second-order valence-corrected chi connectivity index (χ2v) is 7.84. The third-order valence-electron chi connectivity index (χ3n) is 4.08. The first kappa shape index (κ1) is 20.9. The van der Waals surface area contributed by atoms with Gasteiger partial charge in [0, 0.05) is 5.54 Å². The molecule has 0 aliphatic rings. The Morgan fingerprint density at radius 1 is 1.30 bits per heavy atom. The first-order valence-corrected chi connectivity index (χ1v) is 9.66. The molecule has 1 amide bonds. The Labute approximate surface area is 163 Å². The van der Waals surface area contributed by atoms with Crippen LogP contribution in [0.1, 0.15) is 38.3 Å². The third kappa shape index (κ3) is 6.06. The summed E-state index contributed by atoms with van der Waals surface area (Å²) in [5.74, 6) is -0.809. The minimum atomic E-state index is -0.500. The maximum absolute atomic E-state index is 11.9. The fourth-order valence-electron chi connectivity index (χ4n) is 2.18. The third-order valence-corrected chi connectivity index (χ3v) is 4.97. The second kappa shape index (κ2) is 8.98. The van der Waals surface area contributed by atoms with Gasteiger partial charge in [-0.1, -0.05) is 30.8 Å². The van der Waals surface area contributed by atoms with Crippen molar-refractivity contribution in [2.24, 2.45) is 0 Å². The van der Waals surface area contributed by atoms with Crippen LogP contribution in [0, 0.1) is 13.8 Å². The summed E-state index contributed by atoms with van der Waals surface area (Å²) in [5, 5.41) is 15.0. The van der Waals surface area contributed by atoms with Gasteiger partial charge < -0.3 is 10.1 Å². The first-order valence-electron chi connectivity index (χ1n) is 8.67. The molecule has 8 nitrogen and oxygen atoms in total. The maximum Gasteiger partial charge on any atom is 0.316 e. The number of hydrogen-bond donors (Lipinski definition) is 1. The minimum absolute atomic E-state index is 0.00961. The highest BCUT2D eigenvalue weighted by Crippen LogP contribution is 2.21. The topological polar surface area (TPSA) is 99.0 Å². The number of nitrogens with zero attached hydrogens (tertiary/aromatic N) is 4.